The second kappa shape index (κ2) is 2.84. The number of aliphatic carboxylic acids is 1. The number of carbonyl (C=O) groups is 1. The van der Waals surface area contributed by atoms with Crippen molar-refractivity contribution < 1.29 is 14.6 Å². The van der Waals surface area contributed by atoms with Crippen LogP contribution in [0, 0.1) is 5.41 Å². The van der Waals surface area contributed by atoms with Crippen LogP contribution in [-0.4, -0.2) is 23.3 Å². The Morgan fingerprint density at radius 1 is 1.62 bits per heavy atom. The molecule has 2 rings (SSSR count). The minimum atomic E-state index is -0.701. The molecule has 1 saturated heterocycles. The fraction of sp³-hybridized carbons (Fsp3) is 0.700. The van der Waals surface area contributed by atoms with Crippen LogP contribution in [0.2, 0.25) is 0 Å². The number of epoxide rings is 1. The molecule has 1 aliphatic heterocycles. The molecule has 1 heterocycles. The summed E-state index contributed by atoms with van der Waals surface area (Å²) >= 11 is 0. The number of ether oxygens (including phenoxy) is 1. The van der Waals surface area contributed by atoms with E-state index >= 15 is 0 Å². The highest BCUT2D eigenvalue weighted by Crippen LogP contribution is 2.51. The predicted octanol–water partition coefficient (Wildman–Crippen LogP) is 1.58. The normalized spacial score (nSPS) is 42.2. The average Bonchev–Trinajstić information content (AvgIpc) is 2.71. The summed E-state index contributed by atoms with van der Waals surface area (Å²) in [5, 5.41) is 9.12. The number of allylic oxidation sites excluding steroid dienone is 1. The maximum atomic E-state index is 11.1. The Bertz CT molecular complexity index is 247. The summed E-state index contributed by atoms with van der Waals surface area (Å²) in [7, 11) is 0. The van der Waals surface area contributed by atoms with Crippen molar-refractivity contribution in [1.29, 1.82) is 0 Å². The van der Waals surface area contributed by atoms with Gasteiger partial charge in [-0.05, 0) is 19.3 Å². The smallest absolute Gasteiger partial charge is 0.313 e. The Balaban J connectivity index is 2.12. The Morgan fingerprint density at radius 2 is 2.23 bits per heavy atom. The number of carboxylic acids is 1. The highest BCUT2D eigenvalue weighted by Gasteiger charge is 2.58. The van der Waals surface area contributed by atoms with Gasteiger partial charge in [0.15, 0.2) is 0 Å². The van der Waals surface area contributed by atoms with Crippen molar-refractivity contribution in [2.45, 2.75) is 38.4 Å². The van der Waals surface area contributed by atoms with E-state index < -0.39 is 11.4 Å². The minimum absolute atomic E-state index is 0.220. The third-order valence-electron chi connectivity index (χ3n) is 2.92. The summed E-state index contributed by atoms with van der Waals surface area (Å²) in [5.41, 5.74) is -0.621. The van der Waals surface area contributed by atoms with Gasteiger partial charge in [-0.15, -0.1) is 0 Å². The summed E-state index contributed by atoms with van der Waals surface area (Å²) in [5.74, 6) is -0.701. The number of carboxylic acid groups (broad SMARTS) is 1. The monoisotopic (exact) mass is 182 g/mol. The molecule has 1 N–H and O–H groups in total. The van der Waals surface area contributed by atoms with E-state index in [4.69, 9.17) is 9.84 Å². The van der Waals surface area contributed by atoms with E-state index in [1.54, 1.807) is 0 Å². The third-order valence-corrected chi connectivity index (χ3v) is 2.92. The lowest BCUT2D eigenvalue weighted by Crippen LogP contribution is -2.27. The van der Waals surface area contributed by atoms with Gasteiger partial charge in [0.2, 0.25) is 0 Å². The van der Waals surface area contributed by atoms with Crippen LogP contribution >= 0.6 is 0 Å². The van der Waals surface area contributed by atoms with E-state index in [0.29, 0.717) is 12.8 Å². The zero-order valence-corrected chi connectivity index (χ0v) is 7.69. The molecule has 0 amide bonds. The van der Waals surface area contributed by atoms with Crippen LogP contribution in [-0.2, 0) is 9.53 Å². The quantitative estimate of drug-likeness (QED) is 0.532. The molecule has 0 aromatic heterocycles. The van der Waals surface area contributed by atoms with Gasteiger partial charge in [0.05, 0.1) is 17.6 Å². The molecule has 72 valence electrons. The largest absolute Gasteiger partial charge is 0.481 e. The van der Waals surface area contributed by atoms with Gasteiger partial charge in [-0.2, -0.15) is 0 Å². The van der Waals surface area contributed by atoms with Gasteiger partial charge in [-0.3, -0.25) is 4.79 Å². The molecule has 3 heteroatoms. The first-order valence-electron chi connectivity index (χ1n) is 4.74. The first-order chi connectivity index (χ1) is 6.18. The molecule has 0 bridgehead atoms. The Labute approximate surface area is 77.4 Å². The molecule has 0 aromatic rings. The van der Waals surface area contributed by atoms with Gasteiger partial charge >= 0.3 is 5.97 Å². The number of hydrogen-bond donors (Lipinski definition) is 1. The van der Waals surface area contributed by atoms with Crippen LogP contribution in [0.5, 0.6) is 0 Å². The van der Waals surface area contributed by atoms with E-state index in [-0.39, 0.29) is 12.2 Å². The molecule has 13 heavy (non-hydrogen) atoms. The first-order valence-corrected chi connectivity index (χ1v) is 4.74. The minimum Gasteiger partial charge on any atom is -0.481 e. The standard InChI is InChI=1S/C10H14O3/c1-2-3-4-10(9(11)12)5-7-8(6-10)13-7/h3-4,7-8H,2,5-6H2,1H3,(H,11,12). The van der Waals surface area contributed by atoms with Crippen molar-refractivity contribution in [2.75, 3.05) is 0 Å². The van der Waals surface area contributed by atoms with Crippen LogP contribution in [0.4, 0.5) is 0 Å². The molecule has 1 aliphatic carbocycles. The Kier molecular flexibility index (Phi) is 1.91. The topological polar surface area (TPSA) is 49.8 Å². The molecule has 0 radical (unpaired) electrons. The van der Waals surface area contributed by atoms with E-state index in [1.165, 1.54) is 0 Å². The summed E-state index contributed by atoms with van der Waals surface area (Å²) in [4.78, 5) is 11.1. The molecule has 2 unspecified atom stereocenters. The van der Waals surface area contributed by atoms with Crippen LogP contribution < -0.4 is 0 Å². The van der Waals surface area contributed by atoms with Gasteiger partial charge < -0.3 is 9.84 Å². The van der Waals surface area contributed by atoms with E-state index in [9.17, 15) is 4.79 Å². The van der Waals surface area contributed by atoms with Gasteiger partial charge in [0.1, 0.15) is 0 Å². The van der Waals surface area contributed by atoms with E-state index in [1.807, 2.05) is 19.1 Å². The zero-order valence-electron chi connectivity index (χ0n) is 7.69. The lowest BCUT2D eigenvalue weighted by molar-refractivity contribution is -0.146. The summed E-state index contributed by atoms with van der Waals surface area (Å²) in [6, 6.07) is 0. The average molecular weight is 182 g/mol. The second-order valence-electron chi connectivity index (χ2n) is 3.89. The van der Waals surface area contributed by atoms with Crippen LogP contribution in [0.1, 0.15) is 26.2 Å². The molecular weight excluding hydrogens is 168 g/mol. The van der Waals surface area contributed by atoms with Crippen molar-refractivity contribution in [2.24, 2.45) is 5.41 Å². The Hall–Kier alpha value is -0.830. The van der Waals surface area contributed by atoms with Gasteiger partial charge in [0, 0.05) is 0 Å². The lowest BCUT2D eigenvalue weighted by Gasteiger charge is -2.20. The fourth-order valence-electron chi connectivity index (χ4n) is 2.07. The summed E-state index contributed by atoms with van der Waals surface area (Å²) < 4.78 is 5.24. The van der Waals surface area contributed by atoms with Gasteiger partial charge in [0.25, 0.3) is 0 Å². The predicted molar refractivity (Wildman–Crippen MR) is 47.4 cm³/mol. The molecule has 2 atom stereocenters. The highest BCUT2D eigenvalue weighted by atomic mass is 16.6. The van der Waals surface area contributed by atoms with E-state index in [2.05, 4.69) is 0 Å². The molecule has 3 nitrogen and oxygen atoms in total. The first kappa shape index (κ1) is 8.75. The van der Waals surface area contributed by atoms with Crippen LogP contribution in [0.15, 0.2) is 12.2 Å². The van der Waals surface area contributed by atoms with Crippen molar-refractivity contribution in [3.8, 4) is 0 Å². The van der Waals surface area contributed by atoms with Gasteiger partial charge in [-0.1, -0.05) is 19.1 Å². The molecule has 2 fully saturated rings. The Morgan fingerprint density at radius 3 is 2.69 bits per heavy atom. The van der Waals surface area contributed by atoms with Gasteiger partial charge in [-0.25, -0.2) is 0 Å². The second-order valence-corrected chi connectivity index (χ2v) is 3.89. The zero-order chi connectivity index (χ0) is 9.47. The lowest BCUT2D eigenvalue weighted by atomic mass is 9.85. The third kappa shape index (κ3) is 1.37. The number of hydrogen-bond acceptors (Lipinski definition) is 2. The van der Waals surface area contributed by atoms with Crippen molar-refractivity contribution in [1.82, 2.24) is 0 Å². The van der Waals surface area contributed by atoms with Crippen LogP contribution in [0.25, 0.3) is 0 Å². The maximum absolute atomic E-state index is 11.1. The maximum Gasteiger partial charge on any atom is 0.313 e. The summed E-state index contributed by atoms with van der Waals surface area (Å²) in [6.07, 6.45) is 6.44. The molecule has 0 aromatic carbocycles. The number of rotatable bonds is 3. The fourth-order valence-corrected chi connectivity index (χ4v) is 2.07. The van der Waals surface area contributed by atoms with Crippen molar-refractivity contribution in [3.05, 3.63) is 12.2 Å². The van der Waals surface area contributed by atoms with Crippen molar-refractivity contribution in [3.63, 3.8) is 0 Å². The molecule has 1 saturated carbocycles. The van der Waals surface area contributed by atoms with Crippen LogP contribution in [0.3, 0.4) is 0 Å². The van der Waals surface area contributed by atoms with Crippen molar-refractivity contribution >= 4 is 5.97 Å². The highest BCUT2D eigenvalue weighted by molar-refractivity contribution is 5.78. The molecular formula is C10H14O3. The summed E-state index contributed by atoms with van der Waals surface area (Å²) in [6.45, 7) is 2.01. The molecule has 0 spiro atoms. The SMILES string of the molecule is CCC=CC1(C(=O)O)CC2OC2C1. The number of fused-ring (bicyclic) bond motifs is 1. The molecule has 2 aliphatic rings. The van der Waals surface area contributed by atoms with E-state index in [0.717, 1.165) is 6.42 Å².